The zero-order chi connectivity index (χ0) is 13.8. The van der Waals surface area contributed by atoms with Crippen molar-refractivity contribution in [2.45, 2.75) is 0 Å². The summed E-state index contributed by atoms with van der Waals surface area (Å²) in [5.41, 5.74) is 2.40. The lowest BCUT2D eigenvalue weighted by Gasteiger charge is -2.07. The molecule has 2 rings (SSSR count). The maximum absolute atomic E-state index is 10.7. The number of halogens is 1. The standard InChI is InChI=1S/C14H9BrN2O2/c15-13-7-12(6-3-10(13)8-16)17-11-4-1-9(2-5-11)14(18)19/h1-7,17H,(H,18,19). The minimum Gasteiger partial charge on any atom is -0.478 e. The van der Waals surface area contributed by atoms with Crippen molar-refractivity contribution in [2.24, 2.45) is 0 Å². The van der Waals surface area contributed by atoms with E-state index < -0.39 is 5.97 Å². The van der Waals surface area contributed by atoms with Crippen molar-refractivity contribution in [3.8, 4) is 6.07 Å². The van der Waals surface area contributed by atoms with Crippen LogP contribution in [0.1, 0.15) is 15.9 Å². The fourth-order valence-electron chi connectivity index (χ4n) is 1.55. The van der Waals surface area contributed by atoms with Crippen LogP contribution in [0.5, 0.6) is 0 Å². The Morgan fingerprint density at radius 3 is 2.32 bits per heavy atom. The van der Waals surface area contributed by atoms with Crippen molar-refractivity contribution in [3.63, 3.8) is 0 Å². The molecular weight excluding hydrogens is 308 g/mol. The maximum atomic E-state index is 10.7. The van der Waals surface area contributed by atoms with Crippen molar-refractivity contribution < 1.29 is 9.90 Å². The van der Waals surface area contributed by atoms with Crippen molar-refractivity contribution >= 4 is 33.3 Å². The number of carboxylic acids is 1. The highest BCUT2D eigenvalue weighted by molar-refractivity contribution is 9.10. The molecule has 2 aromatic carbocycles. The van der Waals surface area contributed by atoms with E-state index in [9.17, 15) is 4.79 Å². The van der Waals surface area contributed by atoms with Gasteiger partial charge in [0.05, 0.1) is 11.1 Å². The molecule has 4 nitrogen and oxygen atoms in total. The lowest BCUT2D eigenvalue weighted by atomic mass is 10.2. The van der Waals surface area contributed by atoms with Crippen molar-refractivity contribution in [2.75, 3.05) is 5.32 Å². The third-order valence-corrected chi connectivity index (χ3v) is 3.17. The van der Waals surface area contributed by atoms with E-state index in [1.807, 2.05) is 0 Å². The molecule has 19 heavy (non-hydrogen) atoms. The number of carbonyl (C=O) groups is 1. The van der Waals surface area contributed by atoms with E-state index >= 15 is 0 Å². The summed E-state index contributed by atoms with van der Waals surface area (Å²) in [7, 11) is 0. The smallest absolute Gasteiger partial charge is 0.335 e. The van der Waals surface area contributed by atoms with E-state index in [2.05, 4.69) is 27.3 Å². The van der Waals surface area contributed by atoms with Gasteiger partial charge in [-0.3, -0.25) is 0 Å². The van der Waals surface area contributed by atoms with E-state index in [1.165, 1.54) is 12.1 Å². The Hall–Kier alpha value is -2.32. The average Bonchev–Trinajstić information content (AvgIpc) is 2.39. The fourth-order valence-corrected chi connectivity index (χ4v) is 2.01. The van der Waals surface area contributed by atoms with Gasteiger partial charge >= 0.3 is 5.97 Å². The fraction of sp³-hybridized carbons (Fsp3) is 0. The van der Waals surface area contributed by atoms with Gasteiger partial charge in [0.1, 0.15) is 6.07 Å². The van der Waals surface area contributed by atoms with Crippen molar-refractivity contribution in [1.29, 1.82) is 5.26 Å². The molecule has 5 heteroatoms. The van der Waals surface area contributed by atoms with E-state index in [0.29, 0.717) is 10.0 Å². The Bertz CT molecular complexity index is 660. The van der Waals surface area contributed by atoms with E-state index in [4.69, 9.17) is 10.4 Å². The Morgan fingerprint density at radius 2 is 1.79 bits per heavy atom. The number of hydrogen-bond donors (Lipinski definition) is 2. The number of rotatable bonds is 3. The summed E-state index contributed by atoms with van der Waals surface area (Å²) in [6, 6.07) is 13.8. The summed E-state index contributed by atoms with van der Waals surface area (Å²) in [5.74, 6) is -0.951. The summed E-state index contributed by atoms with van der Waals surface area (Å²) >= 11 is 3.31. The third kappa shape index (κ3) is 3.12. The zero-order valence-electron chi connectivity index (χ0n) is 9.72. The number of anilines is 2. The highest BCUT2D eigenvalue weighted by atomic mass is 79.9. The van der Waals surface area contributed by atoms with Crippen LogP contribution >= 0.6 is 15.9 Å². The van der Waals surface area contributed by atoms with Crippen LogP contribution in [-0.4, -0.2) is 11.1 Å². The van der Waals surface area contributed by atoms with Crippen LogP contribution < -0.4 is 5.32 Å². The molecule has 0 saturated heterocycles. The number of nitrogens with zero attached hydrogens (tertiary/aromatic N) is 1. The van der Waals surface area contributed by atoms with Gasteiger partial charge in [-0.2, -0.15) is 5.26 Å². The zero-order valence-corrected chi connectivity index (χ0v) is 11.3. The molecule has 0 aliphatic rings. The second-order valence-corrected chi connectivity index (χ2v) is 4.67. The first kappa shape index (κ1) is 13.1. The maximum Gasteiger partial charge on any atom is 0.335 e. The molecule has 0 radical (unpaired) electrons. The second-order valence-electron chi connectivity index (χ2n) is 3.81. The molecule has 0 spiro atoms. The quantitative estimate of drug-likeness (QED) is 0.904. The molecule has 2 N–H and O–H groups in total. The molecule has 0 amide bonds. The largest absolute Gasteiger partial charge is 0.478 e. The molecule has 0 fully saturated rings. The minimum absolute atomic E-state index is 0.242. The summed E-state index contributed by atoms with van der Waals surface area (Å²) in [5, 5.41) is 20.8. The predicted octanol–water partition coefficient (Wildman–Crippen LogP) is 3.76. The monoisotopic (exact) mass is 316 g/mol. The van der Waals surface area contributed by atoms with Crippen LogP contribution in [0.25, 0.3) is 0 Å². The third-order valence-electron chi connectivity index (χ3n) is 2.51. The number of nitriles is 1. The topological polar surface area (TPSA) is 73.1 Å². The van der Waals surface area contributed by atoms with E-state index in [1.54, 1.807) is 30.3 Å². The lowest BCUT2D eigenvalue weighted by Crippen LogP contribution is -1.96. The summed E-state index contributed by atoms with van der Waals surface area (Å²) in [6.45, 7) is 0. The van der Waals surface area contributed by atoms with Gasteiger partial charge in [0.25, 0.3) is 0 Å². The number of hydrogen-bond acceptors (Lipinski definition) is 3. The number of nitrogens with one attached hydrogen (secondary N) is 1. The van der Waals surface area contributed by atoms with E-state index in [0.717, 1.165) is 11.4 Å². The Labute approximate surface area is 118 Å². The minimum atomic E-state index is -0.951. The van der Waals surface area contributed by atoms with Crippen molar-refractivity contribution in [3.05, 3.63) is 58.1 Å². The molecule has 0 aliphatic heterocycles. The number of aromatic carboxylic acids is 1. The lowest BCUT2D eigenvalue weighted by molar-refractivity contribution is 0.0697. The highest BCUT2D eigenvalue weighted by Crippen LogP contribution is 2.23. The van der Waals surface area contributed by atoms with Crippen LogP contribution in [0.2, 0.25) is 0 Å². The van der Waals surface area contributed by atoms with Crippen molar-refractivity contribution in [1.82, 2.24) is 0 Å². The van der Waals surface area contributed by atoms with Crippen LogP contribution in [0.3, 0.4) is 0 Å². The normalized spacial score (nSPS) is 9.68. The molecule has 0 bridgehead atoms. The molecule has 2 aromatic rings. The summed E-state index contributed by atoms with van der Waals surface area (Å²) in [6.07, 6.45) is 0. The Balaban J connectivity index is 2.19. The first-order valence-corrected chi connectivity index (χ1v) is 6.19. The van der Waals surface area contributed by atoms with Crippen LogP contribution in [-0.2, 0) is 0 Å². The highest BCUT2D eigenvalue weighted by Gasteiger charge is 2.03. The molecule has 0 heterocycles. The van der Waals surface area contributed by atoms with Gasteiger partial charge in [-0.05, 0) is 58.4 Å². The second kappa shape index (κ2) is 5.55. The molecular formula is C14H9BrN2O2. The predicted molar refractivity (Wildman–Crippen MR) is 75.5 cm³/mol. The van der Waals surface area contributed by atoms with Gasteiger partial charge in [0.2, 0.25) is 0 Å². The van der Waals surface area contributed by atoms with Gasteiger partial charge in [0.15, 0.2) is 0 Å². The number of carboxylic acid groups (broad SMARTS) is 1. The van der Waals surface area contributed by atoms with Gasteiger partial charge < -0.3 is 10.4 Å². The van der Waals surface area contributed by atoms with Gasteiger partial charge in [-0.1, -0.05) is 0 Å². The Kier molecular flexibility index (Phi) is 3.83. The first-order chi connectivity index (χ1) is 9.10. The molecule has 94 valence electrons. The molecule has 0 aromatic heterocycles. The molecule has 0 unspecified atom stereocenters. The number of benzene rings is 2. The van der Waals surface area contributed by atoms with E-state index in [-0.39, 0.29) is 5.56 Å². The van der Waals surface area contributed by atoms with Gasteiger partial charge in [-0.25, -0.2) is 4.79 Å². The van der Waals surface area contributed by atoms with Crippen LogP contribution in [0.4, 0.5) is 11.4 Å². The van der Waals surface area contributed by atoms with Crippen LogP contribution in [0, 0.1) is 11.3 Å². The molecule has 0 saturated carbocycles. The SMILES string of the molecule is N#Cc1ccc(Nc2ccc(C(=O)O)cc2)cc1Br. The van der Waals surface area contributed by atoms with Gasteiger partial charge in [0, 0.05) is 15.8 Å². The molecule has 0 aliphatic carbocycles. The summed E-state index contributed by atoms with van der Waals surface area (Å²) < 4.78 is 0.710. The Morgan fingerprint density at radius 1 is 1.16 bits per heavy atom. The first-order valence-electron chi connectivity index (χ1n) is 5.40. The summed E-state index contributed by atoms with van der Waals surface area (Å²) in [4.78, 5) is 10.7. The van der Waals surface area contributed by atoms with Gasteiger partial charge in [-0.15, -0.1) is 0 Å². The van der Waals surface area contributed by atoms with Crippen LogP contribution in [0.15, 0.2) is 46.9 Å². The molecule has 0 atom stereocenters. The average molecular weight is 317 g/mol.